The topological polar surface area (TPSA) is 75.4 Å². The molecule has 5 nitrogen and oxygen atoms in total. The predicted molar refractivity (Wildman–Crippen MR) is 45.9 cm³/mol. The van der Waals surface area contributed by atoms with Gasteiger partial charge in [-0.3, -0.25) is 9.69 Å². The molecule has 1 spiro atoms. The van der Waals surface area contributed by atoms with E-state index in [4.69, 9.17) is 5.73 Å². The summed E-state index contributed by atoms with van der Waals surface area (Å²) in [5, 5.41) is 2.73. The molecule has 2 rings (SSSR count). The fraction of sp³-hybridized carbons (Fsp3) is 0.750. The summed E-state index contributed by atoms with van der Waals surface area (Å²) in [4.78, 5) is 24.2. The number of nitrogens with one attached hydrogen (secondary N) is 1. The highest BCUT2D eigenvalue weighted by molar-refractivity contribution is 6.07. The van der Waals surface area contributed by atoms with Gasteiger partial charge in [0.05, 0.1) is 0 Å². The van der Waals surface area contributed by atoms with Crippen molar-refractivity contribution in [3.63, 3.8) is 0 Å². The van der Waals surface area contributed by atoms with E-state index in [0.717, 1.165) is 19.3 Å². The second-order valence-corrected chi connectivity index (χ2v) is 3.61. The molecule has 2 fully saturated rings. The van der Waals surface area contributed by atoms with Crippen LogP contribution in [0.3, 0.4) is 0 Å². The lowest BCUT2D eigenvalue weighted by molar-refractivity contribution is -0.134. The van der Waals surface area contributed by atoms with E-state index in [2.05, 4.69) is 5.32 Å². The molecule has 13 heavy (non-hydrogen) atoms. The molecule has 0 atom stereocenters. The van der Waals surface area contributed by atoms with Gasteiger partial charge in [-0.15, -0.1) is 0 Å². The van der Waals surface area contributed by atoms with E-state index < -0.39 is 5.54 Å². The zero-order chi connectivity index (χ0) is 9.47. The average Bonchev–Trinajstić information content (AvgIpc) is 2.28. The Balaban J connectivity index is 2.14. The smallest absolute Gasteiger partial charge is 0.325 e. The van der Waals surface area contributed by atoms with Gasteiger partial charge < -0.3 is 11.1 Å². The number of carbonyl (C=O) groups is 2. The van der Waals surface area contributed by atoms with Gasteiger partial charge >= 0.3 is 6.03 Å². The molecule has 0 aromatic rings. The highest BCUT2D eigenvalue weighted by Crippen LogP contribution is 2.36. The Morgan fingerprint density at radius 3 is 2.54 bits per heavy atom. The molecule has 72 valence electrons. The van der Waals surface area contributed by atoms with E-state index in [0.29, 0.717) is 13.1 Å². The molecule has 0 aromatic heterocycles. The molecule has 0 aromatic carbocycles. The van der Waals surface area contributed by atoms with Gasteiger partial charge in [-0.05, 0) is 19.3 Å². The Morgan fingerprint density at radius 2 is 2.15 bits per heavy atom. The van der Waals surface area contributed by atoms with Crippen molar-refractivity contribution in [1.29, 1.82) is 0 Å². The number of carbonyl (C=O) groups excluding carboxylic acids is 2. The number of urea groups is 1. The SMILES string of the molecule is NCCN1C(=O)NC2(CCC2)C1=O. The maximum absolute atomic E-state index is 11.7. The lowest BCUT2D eigenvalue weighted by Gasteiger charge is -2.34. The standard InChI is InChI=1S/C8H13N3O2/c9-4-5-11-6(12)8(2-1-3-8)10-7(11)13/h1-5,9H2,(H,10,13). The first kappa shape index (κ1) is 8.50. The van der Waals surface area contributed by atoms with Crippen LogP contribution in [0.4, 0.5) is 4.79 Å². The summed E-state index contributed by atoms with van der Waals surface area (Å²) in [5.41, 5.74) is 4.76. The van der Waals surface area contributed by atoms with Crippen LogP contribution < -0.4 is 11.1 Å². The minimum absolute atomic E-state index is 0.0887. The van der Waals surface area contributed by atoms with Crippen LogP contribution in [0.25, 0.3) is 0 Å². The number of hydrogen-bond acceptors (Lipinski definition) is 3. The molecule has 3 N–H and O–H groups in total. The molecule has 5 heteroatoms. The monoisotopic (exact) mass is 183 g/mol. The van der Waals surface area contributed by atoms with E-state index in [-0.39, 0.29) is 11.9 Å². The minimum Gasteiger partial charge on any atom is -0.329 e. The number of hydrogen-bond donors (Lipinski definition) is 2. The molecule has 1 aliphatic carbocycles. The Hall–Kier alpha value is -1.10. The summed E-state index contributed by atoms with van der Waals surface area (Å²) in [6.07, 6.45) is 2.57. The number of amides is 3. The first-order valence-electron chi connectivity index (χ1n) is 4.54. The first-order valence-corrected chi connectivity index (χ1v) is 4.54. The molecule has 1 saturated carbocycles. The number of imide groups is 1. The second-order valence-electron chi connectivity index (χ2n) is 3.61. The summed E-state index contributed by atoms with van der Waals surface area (Å²) in [7, 11) is 0. The number of nitrogens with two attached hydrogens (primary N) is 1. The third kappa shape index (κ3) is 1.03. The molecule has 3 amide bonds. The normalized spacial score (nSPS) is 24.8. The van der Waals surface area contributed by atoms with Crippen LogP contribution in [-0.4, -0.2) is 35.5 Å². The molecule has 0 unspecified atom stereocenters. The van der Waals surface area contributed by atoms with Gasteiger partial charge in [0, 0.05) is 13.1 Å². The van der Waals surface area contributed by atoms with Gasteiger partial charge in [-0.1, -0.05) is 0 Å². The number of nitrogens with zero attached hydrogens (tertiary/aromatic N) is 1. The molecule has 0 bridgehead atoms. The molecule has 1 heterocycles. The maximum atomic E-state index is 11.7. The van der Waals surface area contributed by atoms with E-state index in [1.54, 1.807) is 0 Å². The van der Waals surface area contributed by atoms with Crippen LogP contribution in [-0.2, 0) is 4.79 Å². The van der Waals surface area contributed by atoms with Crippen molar-refractivity contribution >= 4 is 11.9 Å². The molecule has 0 radical (unpaired) electrons. The Kier molecular flexibility index (Phi) is 1.76. The van der Waals surface area contributed by atoms with Crippen molar-refractivity contribution in [3.8, 4) is 0 Å². The Bertz CT molecular complexity index is 260. The van der Waals surface area contributed by atoms with Gasteiger partial charge in [0.15, 0.2) is 0 Å². The van der Waals surface area contributed by atoms with Crippen molar-refractivity contribution in [2.24, 2.45) is 5.73 Å². The average molecular weight is 183 g/mol. The summed E-state index contributed by atoms with van der Waals surface area (Å²) in [5.74, 6) is -0.0887. The van der Waals surface area contributed by atoms with E-state index in [1.807, 2.05) is 0 Å². The summed E-state index contributed by atoms with van der Waals surface area (Å²) < 4.78 is 0. The molecule has 2 aliphatic rings. The van der Waals surface area contributed by atoms with Crippen molar-refractivity contribution in [2.75, 3.05) is 13.1 Å². The lowest BCUT2D eigenvalue weighted by atomic mass is 9.77. The fourth-order valence-corrected chi connectivity index (χ4v) is 1.88. The highest BCUT2D eigenvalue weighted by Gasteiger charge is 2.54. The molecule has 1 aliphatic heterocycles. The molecular weight excluding hydrogens is 170 g/mol. The van der Waals surface area contributed by atoms with Crippen molar-refractivity contribution in [2.45, 2.75) is 24.8 Å². The highest BCUT2D eigenvalue weighted by atomic mass is 16.2. The van der Waals surface area contributed by atoms with Crippen LogP contribution in [0, 0.1) is 0 Å². The van der Waals surface area contributed by atoms with Crippen molar-refractivity contribution < 1.29 is 9.59 Å². The van der Waals surface area contributed by atoms with Crippen LogP contribution >= 0.6 is 0 Å². The first-order chi connectivity index (χ1) is 6.19. The maximum Gasteiger partial charge on any atom is 0.325 e. The van der Waals surface area contributed by atoms with E-state index in [1.165, 1.54) is 4.90 Å². The minimum atomic E-state index is -0.549. The fourth-order valence-electron chi connectivity index (χ4n) is 1.88. The van der Waals surface area contributed by atoms with Crippen LogP contribution in [0.15, 0.2) is 0 Å². The van der Waals surface area contributed by atoms with Crippen LogP contribution in [0.1, 0.15) is 19.3 Å². The summed E-state index contributed by atoms with van der Waals surface area (Å²) >= 11 is 0. The van der Waals surface area contributed by atoms with E-state index >= 15 is 0 Å². The quantitative estimate of drug-likeness (QED) is 0.562. The third-order valence-corrected chi connectivity index (χ3v) is 2.81. The van der Waals surface area contributed by atoms with Gasteiger partial charge in [0.25, 0.3) is 5.91 Å². The third-order valence-electron chi connectivity index (χ3n) is 2.81. The predicted octanol–water partition coefficient (Wildman–Crippen LogP) is -0.580. The van der Waals surface area contributed by atoms with Gasteiger partial charge in [-0.25, -0.2) is 4.79 Å². The lowest BCUT2D eigenvalue weighted by Crippen LogP contribution is -2.52. The van der Waals surface area contributed by atoms with E-state index in [9.17, 15) is 9.59 Å². The zero-order valence-electron chi connectivity index (χ0n) is 7.38. The van der Waals surface area contributed by atoms with Crippen molar-refractivity contribution in [1.82, 2.24) is 10.2 Å². The zero-order valence-corrected chi connectivity index (χ0v) is 7.38. The second kappa shape index (κ2) is 2.70. The van der Waals surface area contributed by atoms with Crippen LogP contribution in [0.2, 0.25) is 0 Å². The van der Waals surface area contributed by atoms with Gasteiger partial charge in [-0.2, -0.15) is 0 Å². The van der Waals surface area contributed by atoms with Crippen LogP contribution in [0.5, 0.6) is 0 Å². The Labute approximate surface area is 76.3 Å². The van der Waals surface area contributed by atoms with Gasteiger partial charge in [0.1, 0.15) is 5.54 Å². The number of rotatable bonds is 2. The summed E-state index contributed by atoms with van der Waals surface area (Å²) in [6.45, 7) is 0.654. The largest absolute Gasteiger partial charge is 0.329 e. The van der Waals surface area contributed by atoms with Crippen molar-refractivity contribution in [3.05, 3.63) is 0 Å². The Morgan fingerprint density at radius 1 is 1.46 bits per heavy atom. The molecular formula is C8H13N3O2. The van der Waals surface area contributed by atoms with Gasteiger partial charge in [0.2, 0.25) is 0 Å². The molecule has 1 saturated heterocycles. The summed E-state index contributed by atoms with van der Waals surface area (Å²) in [6, 6.07) is -0.282.